The second kappa shape index (κ2) is 5.85. The summed E-state index contributed by atoms with van der Waals surface area (Å²) in [4.78, 5) is 12.2. The summed E-state index contributed by atoms with van der Waals surface area (Å²) < 4.78 is 11.5. The molecule has 2 aromatic rings. The standard InChI is InChI=1S/C17H14BrNO3/c1-21-15-8-12-13(7-10-4-3-5-11(18)6-10)17(20)19-14(12)9-16(15)22-2/h3-9H,1-2H3,(H,19,20). The van der Waals surface area contributed by atoms with Gasteiger partial charge in [-0.15, -0.1) is 0 Å². The number of nitrogens with one attached hydrogen (secondary N) is 1. The Morgan fingerprint density at radius 1 is 1.09 bits per heavy atom. The summed E-state index contributed by atoms with van der Waals surface area (Å²) >= 11 is 3.43. The summed E-state index contributed by atoms with van der Waals surface area (Å²) in [6, 6.07) is 11.4. The predicted molar refractivity (Wildman–Crippen MR) is 90.2 cm³/mol. The first-order valence-electron chi connectivity index (χ1n) is 6.67. The number of ether oxygens (including phenoxy) is 2. The van der Waals surface area contributed by atoms with Crippen LogP contribution in [0.25, 0.3) is 11.6 Å². The summed E-state index contributed by atoms with van der Waals surface area (Å²) in [5.41, 5.74) is 3.09. The maximum Gasteiger partial charge on any atom is 0.256 e. The van der Waals surface area contributed by atoms with Crippen LogP contribution in [-0.2, 0) is 4.79 Å². The number of rotatable bonds is 3. The normalized spacial score (nSPS) is 14.7. The van der Waals surface area contributed by atoms with Gasteiger partial charge in [-0.1, -0.05) is 28.1 Å². The number of amides is 1. The number of hydrogen-bond acceptors (Lipinski definition) is 3. The first kappa shape index (κ1) is 14.7. The molecule has 0 unspecified atom stereocenters. The number of carbonyl (C=O) groups excluding carboxylic acids is 1. The molecule has 5 heteroatoms. The molecule has 1 amide bonds. The largest absolute Gasteiger partial charge is 0.493 e. The fourth-order valence-corrected chi connectivity index (χ4v) is 2.84. The van der Waals surface area contributed by atoms with Gasteiger partial charge in [0.1, 0.15) is 0 Å². The summed E-state index contributed by atoms with van der Waals surface area (Å²) in [5.74, 6) is 1.05. The number of fused-ring (bicyclic) bond motifs is 1. The van der Waals surface area contributed by atoms with Crippen molar-refractivity contribution >= 4 is 39.2 Å². The lowest BCUT2D eigenvalue weighted by Gasteiger charge is -2.09. The summed E-state index contributed by atoms with van der Waals surface area (Å²) in [6.07, 6.45) is 1.86. The third-order valence-corrected chi connectivity index (χ3v) is 3.96. The third kappa shape index (κ3) is 2.60. The Labute approximate surface area is 136 Å². The Morgan fingerprint density at radius 2 is 1.82 bits per heavy atom. The average molecular weight is 360 g/mol. The predicted octanol–water partition coefficient (Wildman–Crippen LogP) is 3.96. The quantitative estimate of drug-likeness (QED) is 0.843. The van der Waals surface area contributed by atoms with E-state index < -0.39 is 0 Å². The summed E-state index contributed by atoms with van der Waals surface area (Å²) in [6.45, 7) is 0. The molecule has 0 spiro atoms. The topological polar surface area (TPSA) is 47.6 Å². The molecule has 0 atom stereocenters. The van der Waals surface area contributed by atoms with Crippen molar-refractivity contribution < 1.29 is 14.3 Å². The van der Waals surface area contributed by atoms with Gasteiger partial charge in [0.2, 0.25) is 0 Å². The lowest BCUT2D eigenvalue weighted by Crippen LogP contribution is -2.03. The molecule has 22 heavy (non-hydrogen) atoms. The minimum atomic E-state index is -0.134. The second-order valence-electron chi connectivity index (χ2n) is 4.82. The SMILES string of the molecule is COc1cc2c(cc1OC)C(=Cc1cccc(Br)c1)C(=O)N2. The van der Waals surface area contributed by atoms with Crippen molar-refractivity contribution in [3.8, 4) is 11.5 Å². The molecule has 0 fully saturated rings. The van der Waals surface area contributed by atoms with Crippen molar-refractivity contribution in [1.82, 2.24) is 0 Å². The second-order valence-corrected chi connectivity index (χ2v) is 5.74. The average Bonchev–Trinajstić information content (AvgIpc) is 2.81. The van der Waals surface area contributed by atoms with Crippen molar-refractivity contribution in [2.24, 2.45) is 0 Å². The van der Waals surface area contributed by atoms with Gasteiger partial charge in [0.05, 0.1) is 19.9 Å². The summed E-state index contributed by atoms with van der Waals surface area (Å²) in [7, 11) is 3.14. The van der Waals surface area contributed by atoms with Crippen LogP contribution in [0.4, 0.5) is 5.69 Å². The van der Waals surface area contributed by atoms with Crippen LogP contribution < -0.4 is 14.8 Å². The van der Waals surface area contributed by atoms with Gasteiger partial charge in [-0.2, -0.15) is 0 Å². The highest BCUT2D eigenvalue weighted by Gasteiger charge is 2.26. The number of benzene rings is 2. The maximum atomic E-state index is 12.2. The van der Waals surface area contributed by atoms with E-state index in [4.69, 9.17) is 9.47 Å². The first-order valence-corrected chi connectivity index (χ1v) is 7.46. The minimum Gasteiger partial charge on any atom is -0.493 e. The highest BCUT2D eigenvalue weighted by Crippen LogP contribution is 2.41. The van der Waals surface area contributed by atoms with Gasteiger partial charge in [0, 0.05) is 21.7 Å². The Kier molecular flexibility index (Phi) is 3.90. The fraction of sp³-hybridized carbons (Fsp3) is 0.118. The van der Waals surface area contributed by atoms with E-state index >= 15 is 0 Å². The Bertz CT molecular complexity index is 783. The molecule has 0 bridgehead atoms. The first-order chi connectivity index (χ1) is 10.6. The molecular weight excluding hydrogens is 346 g/mol. The Hall–Kier alpha value is -2.27. The van der Waals surface area contributed by atoms with Crippen molar-refractivity contribution in [2.45, 2.75) is 0 Å². The zero-order chi connectivity index (χ0) is 15.7. The van der Waals surface area contributed by atoms with E-state index in [-0.39, 0.29) is 5.91 Å². The van der Waals surface area contributed by atoms with E-state index in [0.29, 0.717) is 17.1 Å². The smallest absolute Gasteiger partial charge is 0.256 e. The molecule has 3 rings (SSSR count). The molecule has 0 saturated heterocycles. The molecular formula is C17H14BrNO3. The summed E-state index contributed by atoms with van der Waals surface area (Å²) in [5, 5.41) is 2.85. The number of methoxy groups -OCH3 is 2. The number of carbonyl (C=O) groups is 1. The molecule has 1 N–H and O–H groups in total. The van der Waals surface area contributed by atoms with Crippen molar-refractivity contribution in [2.75, 3.05) is 19.5 Å². The molecule has 112 valence electrons. The van der Waals surface area contributed by atoms with Gasteiger partial charge in [-0.05, 0) is 29.8 Å². The molecule has 0 aromatic heterocycles. The molecule has 0 radical (unpaired) electrons. The minimum absolute atomic E-state index is 0.134. The van der Waals surface area contributed by atoms with Gasteiger partial charge in [-0.3, -0.25) is 4.79 Å². The van der Waals surface area contributed by atoms with Gasteiger partial charge >= 0.3 is 0 Å². The van der Waals surface area contributed by atoms with Crippen molar-refractivity contribution in [1.29, 1.82) is 0 Å². The zero-order valence-electron chi connectivity index (χ0n) is 12.1. The monoisotopic (exact) mass is 359 g/mol. The van der Waals surface area contributed by atoms with Gasteiger partial charge in [0.15, 0.2) is 11.5 Å². The van der Waals surface area contributed by atoms with Crippen LogP contribution in [0.1, 0.15) is 11.1 Å². The van der Waals surface area contributed by atoms with Crippen molar-refractivity contribution in [3.63, 3.8) is 0 Å². The molecule has 1 heterocycles. The van der Waals surface area contributed by atoms with E-state index in [9.17, 15) is 4.79 Å². The van der Waals surface area contributed by atoms with Gasteiger partial charge < -0.3 is 14.8 Å². The molecule has 1 aliphatic rings. The number of anilines is 1. The highest BCUT2D eigenvalue weighted by atomic mass is 79.9. The van der Waals surface area contributed by atoms with Crippen molar-refractivity contribution in [3.05, 3.63) is 52.0 Å². The molecule has 0 saturated carbocycles. The van der Waals surface area contributed by atoms with Gasteiger partial charge in [0.25, 0.3) is 5.91 Å². The molecule has 1 aliphatic heterocycles. The van der Waals surface area contributed by atoms with Crippen LogP contribution in [0.5, 0.6) is 11.5 Å². The zero-order valence-corrected chi connectivity index (χ0v) is 13.7. The fourth-order valence-electron chi connectivity index (χ4n) is 2.42. The van der Waals surface area contributed by atoms with E-state index in [0.717, 1.165) is 21.3 Å². The van der Waals surface area contributed by atoms with E-state index in [1.54, 1.807) is 20.3 Å². The van der Waals surface area contributed by atoms with Crippen LogP contribution in [0, 0.1) is 0 Å². The maximum absolute atomic E-state index is 12.2. The number of hydrogen-bond donors (Lipinski definition) is 1. The molecule has 0 aliphatic carbocycles. The van der Waals surface area contributed by atoms with Crippen LogP contribution in [0.3, 0.4) is 0 Å². The Balaban J connectivity index is 2.11. The third-order valence-electron chi connectivity index (χ3n) is 3.47. The van der Waals surface area contributed by atoms with Crippen LogP contribution in [0.15, 0.2) is 40.9 Å². The molecule has 2 aromatic carbocycles. The van der Waals surface area contributed by atoms with Gasteiger partial charge in [-0.25, -0.2) is 0 Å². The lowest BCUT2D eigenvalue weighted by atomic mass is 10.0. The van der Waals surface area contributed by atoms with E-state index in [2.05, 4.69) is 21.2 Å². The number of halogens is 1. The van der Waals surface area contributed by atoms with E-state index in [1.807, 2.05) is 36.4 Å². The Morgan fingerprint density at radius 3 is 2.50 bits per heavy atom. The van der Waals surface area contributed by atoms with Crippen LogP contribution in [0.2, 0.25) is 0 Å². The van der Waals surface area contributed by atoms with Crippen LogP contribution in [-0.4, -0.2) is 20.1 Å². The lowest BCUT2D eigenvalue weighted by molar-refractivity contribution is -0.110. The highest BCUT2D eigenvalue weighted by molar-refractivity contribution is 9.10. The van der Waals surface area contributed by atoms with Crippen LogP contribution >= 0.6 is 15.9 Å². The molecule has 4 nitrogen and oxygen atoms in total. The van der Waals surface area contributed by atoms with E-state index in [1.165, 1.54) is 0 Å².